The number of carbonyl (C=O) groups is 5. The molecule has 0 saturated carbocycles. The lowest BCUT2D eigenvalue weighted by Crippen LogP contribution is -2.71. The number of carboxylic acids is 2. The lowest BCUT2D eigenvalue weighted by atomic mass is 10.0. The average molecular weight is 528 g/mol. The summed E-state index contributed by atoms with van der Waals surface area (Å²) in [5.41, 5.74) is 5.32. The normalized spacial score (nSPS) is 20.5. The second-order valence-corrected chi connectivity index (χ2v) is 9.44. The Labute approximate surface area is 206 Å². The van der Waals surface area contributed by atoms with Gasteiger partial charge in [-0.25, -0.2) is 9.78 Å². The first-order chi connectivity index (χ1) is 16.5. The highest BCUT2D eigenvalue weighted by Crippen LogP contribution is 2.40. The van der Waals surface area contributed by atoms with E-state index >= 15 is 0 Å². The van der Waals surface area contributed by atoms with Crippen LogP contribution < -0.4 is 11.1 Å². The molecule has 0 radical (unpaired) electrons. The number of nitrogens with two attached hydrogens (primary N) is 1. The molecule has 2 aliphatic heterocycles. The second-order valence-electron chi connectivity index (χ2n) is 7.44. The van der Waals surface area contributed by atoms with E-state index in [9.17, 15) is 29.1 Å². The number of fused-ring (bicyclic) bond motifs is 1. The summed E-state index contributed by atoms with van der Waals surface area (Å²) in [7, 11) is 0. The molecule has 14 nitrogen and oxygen atoms in total. The SMILES string of the molecule is CC(=O)OCC1=C(C(=O)O)N2C(=O)[C@@H](NC(=O)C(=NOCC(C)C(=O)O)c3csc(N)n3)[C@H]2SC1. The van der Waals surface area contributed by atoms with Gasteiger partial charge in [-0.3, -0.25) is 24.1 Å². The molecule has 35 heavy (non-hydrogen) atoms. The van der Waals surface area contributed by atoms with E-state index in [4.69, 9.17) is 20.4 Å². The zero-order chi connectivity index (χ0) is 25.9. The number of nitrogens with one attached hydrogen (secondary N) is 1. The van der Waals surface area contributed by atoms with Gasteiger partial charge in [0.25, 0.3) is 11.8 Å². The predicted octanol–water partition coefficient (Wildman–Crippen LogP) is -0.532. The molecule has 188 valence electrons. The van der Waals surface area contributed by atoms with Crippen molar-refractivity contribution in [1.29, 1.82) is 0 Å². The molecule has 1 unspecified atom stereocenters. The topological polar surface area (TPSA) is 211 Å². The first-order valence-electron chi connectivity index (χ1n) is 9.99. The number of hydrogen-bond acceptors (Lipinski definition) is 12. The van der Waals surface area contributed by atoms with E-state index in [0.29, 0.717) is 0 Å². The molecule has 0 bridgehead atoms. The molecule has 3 heterocycles. The van der Waals surface area contributed by atoms with Crippen LogP contribution in [0.2, 0.25) is 0 Å². The predicted molar refractivity (Wildman–Crippen MR) is 122 cm³/mol. The lowest BCUT2D eigenvalue weighted by Gasteiger charge is -2.49. The van der Waals surface area contributed by atoms with E-state index < -0.39 is 47.1 Å². The number of nitrogens with zero attached hydrogens (tertiary/aromatic N) is 3. The summed E-state index contributed by atoms with van der Waals surface area (Å²) in [4.78, 5) is 69.7. The summed E-state index contributed by atoms with van der Waals surface area (Å²) >= 11 is 2.22. The van der Waals surface area contributed by atoms with E-state index in [1.807, 2.05) is 0 Å². The number of aromatic nitrogens is 1. The zero-order valence-corrected chi connectivity index (χ0v) is 20.1. The Hall–Kier alpha value is -3.66. The maximum Gasteiger partial charge on any atom is 0.352 e. The highest BCUT2D eigenvalue weighted by atomic mass is 32.2. The molecule has 1 saturated heterocycles. The number of carbonyl (C=O) groups excluding carboxylic acids is 3. The number of aliphatic carboxylic acids is 2. The zero-order valence-electron chi connectivity index (χ0n) is 18.4. The average Bonchev–Trinajstić information content (AvgIpc) is 3.23. The van der Waals surface area contributed by atoms with Gasteiger partial charge in [0.05, 0.1) is 5.92 Å². The Kier molecular flexibility index (Phi) is 7.96. The molecule has 2 amide bonds. The van der Waals surface area contributed by atoms with E-state index in [1.54, 1.807) is 0 Å². The minimum atomic E-state index is -1.36. The van der Waals surface area contributed by atoms with Gasteiger partial charge in [-0.2, -0.15) is 0 Å². The van der Waals surface area contributed by atoms with Crippen LogP contribution >= 0.6 is 23.1 Å². The van der Waals surface area contributed by atoms with Gasteiger partial charge >= 0.3 is 17.9 Å². The van der Waals surface area contributed by atoms with Gasteiger partial charge in [-0.05, 0) is 6.92 Å². The van der Waals surface area contributed by atoms with Crippen LogP contribution in [0.25, 0.3) is 0 Å². The molecule has 5 N–H and O–H groups in total. The molecular formula is C19H21N5O9S2. The fraction of sp³-hybridized carbons (Fsp3) is 0.421. The molecule has 0 spiro atoms. The summed E-state index contributed by atoms with van der Waals surface area (Å²) in [6.45, 7) is 1.98. The van der Waals surface area contributed by atoms with Crippen LogP contribution in [-0.4, -0.2) is 85.9 Å². The van der Waals surface area contributed by atoms with Gasteiger partial charge in [-0.1, -0.05) is 5.16 Å². The maximum absolute atomic E-state index is 13.0. The van der Waals surface area contributed by atoms with Gasteiger partial charge in [-0.15, -0.1) is 23.1 Å². The van der Waals surface area contributed by atoms with E-state index in [0.717, 1.165) is 16.2 Å². The van der Waals surface area contributed by atoms with Gasteiger partial charge in [0.15, 0.2) is 10.8 Å². The van der Waals surface area contributed by atoms with Crippen LogP contribution in [0.15, 0.2) is 21.8 Å². The first-order valence-corrected chi connectivity index (χ1v) is 11.9. The van der Waals surface area contributed by atoms with Crippen molar-refractivity contribution in [3.63, 3.8) is 0 Å². The van der Waals surface area contributed by atoms with Gasteiger partial charge in [0, 0.05) is 23.6 Å². The summed E-state index contributed by atoms with van der Waals surface area (Å²) in [5, 5.41) is 25.7. The Morgan fingerprint density at radius 3 is 2.66 bits per heavy atom. The van der Waals surface area contributed by atoms with Crippen LogP contribution in [0.4, 0.5) is 5.13 Å². The third kappa shape index (κ3) is 5.71. The summed E-state index contributed by atoms with van der Waals surface area (Å²) in [5.74, 6) is -5.33. The second kappa shape index (κ2) is 10.7. The summed E-state index contributed by atoms with van der Waals surface area (Å²) in [6, 6.07) is -1.07. The number of oxime groups is 1. The molecule has 0 aromatic carbocycles. The van der Waals surface area contributed by atoms with Crippen molar-refractivity contribution in [2.45, 2.75) is 25.3 Å². The van der Waals surface area contributed by atoms with Crippen molar-refractivity contribution in [2.75, 3.05) is 24.7 Å². The van der Waals surface area contributed by atoms with Crippen molar-refractivity contribution in [3.8, 4) is 0 Å². The van der Waals surface area contributed by atoms with Gasteiger partial charge < -0.3 is 30.8 Å². The smallest absolute Gasteiger partial charge is 0.352 e. The number of ether oxygens (including phenoxy) is 1. The van der Waals surface area contributed by atoms with Crippen LogP contribution in [0.1, 0.15) is 19.5 Å². The molecule has 16 heteroatoms. The van der Waals surface area contributed by atoms with E-state index in [2.05, 4.69) is 15.5 Å². The van der Waals surface area contributed by atoms with Crippen molar-refractivity contribution in [2.24, 2.45) is 11.1 Å². The highest BCUT2D eigenvalue weighted by molar-refractivity contribution is 8.00. The summed E-state index contributed by atoms with van der Waals surface area (Å²) < 4.78 is 4.88. The van der Waals surface area contributed by atoms with Crippen LogP contribution in [0.3, 0.4) is 0 Å². The Balaban J connectivity index is 1.77. The number of thiazole rings is 1. The van der Waals surface area contributed by atoms with Crippen molar-refractivity contribution < 1.29 is 43.8 Å². The summed E-state index contributed by atoms with van der Waals surface area (Å²) in [6.07, 6.45) is 0. The quantitative estimate of drug-likeness (QED) is 0.131. The maximum atomic E-state index is 13.0. The Morgan fingerprint density at radius 1 is 1.37 bits per heavy atom. The van der Waals surface area contributed by atoms with Gasteiger partial charge in [0.2, 0.25) is 0 Å². The van der Waals surface area contributed by atoms with Crippen LogP contribution in [-0.2, 0) is 33.5 Å². The fourth-order valence-corrected chi connectivity index (χ4v) is 4.95. The number of esters is 1. The minimum Gasteiger partial charge on any atom is -0.481 e. The van der Waals surface area contributed by atoms with E-state index in [-0.39, 0.29) is 46.8 Å². The number of amides is 2. The van der Waals surface area contributed by atoms with Crippen LogP contribution in [0, 0.1) is 5.92 Å². The van der Waals surface area contributed by atoms with Crippen LogP contribution in [0.5, 0.6) is 0 Å². The molecule has 0 aliphatic carbocycles. The number of carboxylic acid groups (broad SMARTS) is 2. The Morgan fingerprint density at radius 2 is 2.09 bits per heavy atom. The monoisotopic (exact) mass is 527 g/mol. The number of hydrogen-bond donors (Lipinski definition) is 4. The molecule has 3 rings (SSSR count). The molecule has 1 aromatic heterocycles. The number of rotatable bonds is 10. The molecule has 2 aliphatic rings. The van der Waals surface area contributed by atoms with Crippen molar-refractivity contribution in [3.05, 3.63) is 22.3 Å². The molecular weight excluding hydrogens is 506 g/mol. The number of thioether (sulfide) groups is 1. The third-order valence-electron chi connectivity index (χ3n) is 4.87. The fourth-order valence-electron chi connectivity index (χ4n) is 3.08. The number of anilines is 1. The third-order valence-corrected chi connectivity index (χ3v) is 6.88. The number of β-lactam (4-membered cyclic amide) rings is 1. The molecule has 1 fully saturated rings. The first kappa shape index (κ1) is 26.0. The van der Waals surface area contributed by atoms with Crippen molar-refractivity contribution in [1.82, 2.24) is 15.2 Å². The molecule has 1 aromatic rings. The largest absolute Gasteiger partial charge is 0.481 e. The van der Waals surface area contributed by atoms with E-state index in [1.165, 1.54) is 31.0 Å². The standard InChI is InChI=1S/C19H21N5O9S2/c1-7(17(28)29)3-33-23-11(10-6-35-19(20)21-10)14(26)22-12-15(27)24-13(18(30)31)9(4-32-8(2)25)5-34-16(12)24/h6-7,12,16H,3-5H2,1-2H3,(H2,20,21)(H,22,26)(H,28,29)(H,30,31)/t7?,12-,16-/m1/s1. The number of nitrogen functional groups attached to an aromatic ring is 1. The minimum absolute atomic E-state index is 0.0580. The highest BCUT2D eigenvalue weighted by Gasteiger charge is 2.54. The Bertz CT molecular complexity index is 1130. The van der Waals surface area contributed by atoms with Gasteiger partial charge in [0.1, 0.15) is 36.0 Å². The van der Waals surface area contributed by atoms with Crippen molar-refractivity contribution >= 4 is 63.7 Å². The molecule has 3 atom stereocenters. The lowest BCUT2D eigenvalue weighted by molar-refractivity contribution is -0.150.